The largest absolute Gasteiger partial charge is 0.401 e. The first-order valence-corrected chi connectivity index (χ1v) is 8.64. The van der Waals surface area contributed by atoms with Gasteiger partial charge >= 0.3 is 6.18 Å². The van der Waals surface area contributed by atoms with E-state index in [0.29, 0.717) is 31.2 Å². The molecule has 0 aromatic heterocycles. The van der Waals surface area contributed by atoms with Crippen LogP contribution in [0.25, 0.3) is 0 Å². The van der Waals surface area contributed by atoms with Crippen LogP contribution in [0.2, 0.25) is 0 Å². The fourth-order valence-electron chi connectivity index (χ4n) is 2.78. The van der Waals surface area contributed by atoms with Crippen molar-refractivity contribution in [2.24, 2.45) is 4.99 Å². The maximum atomic E-state index is 13.1. The predicted molar refractivity (Wildman–Crippen MR) is 110 cm³/mol. The maximum absolute atomic E-state index is 13.1. The van der Waals surface area contributed by atoms with Gasteiger partial charge in [0.1, 0.15) is 12.4 Å². The van der Waals surface area contributed by atoms with E-state index in [1.54, 1.807) is 6.07 Å². The van der Waals surface area contributed by atoms with Crippen LogP contribution >= 0.6 is 24.0 Å². The number of hydrogen-bond acceptors (Lipinski definition) is 3. The number of carbonyl (C=O) groups excluding carboxylic acids is 1. The van der Waals surface area contributed by atoms with Gasteiger partial charge in [-0.05, 0) is 31.5 Å². The molecule has 0 saturated carbocycles. The molecule has 1 saturated heterocycles. The molecule has 1 aliphatic rings. The predicted octanol–water partition coefficient (Wildman–Crippen LogP) is 2.57. The number of alkyl halides is 3. The van der Waals surface area contributed by atoms with E-state index in [2.05, 4.69) is 20.9 Å². The minimum absolute atomic E-state index is 0. The molecule has 2 rings (SSSR count). The molecule has 0 aliphatic carbocycles. The van der Waals surface area contributed by atoms with Gasteiger partial charge in [-0.25, -0.2) is 9.38 Å². The number of likely N-dealkylation sites (tertiary alicyclic amines) is 1. The summed E-state index contributed by atoms with van der Waals surface area (Å²) in [4.78, 5) is 17.4. The Morgan fingerprint density at radius 1 is 1.36 bits per heavy atom. The van der Waals surface area contributed by atoms with Crippen LogP contribution < -0.4 is 16.0 Å². The lowest BCUT2D eigenvalue weighted by Gasteiger charge is -2.19. The Hall–Kier alpha value is -1.63. The highest BCUT2D eigenvalue weighted by molar-refractivity contribution is 14.0. The number of halogens is 5. The molecule has 6 nitrogen and oxygen atoms in total. The number of hydrogen-bond donors (Lipinski definition) is 3. The molecule has 0 spiro atoms. The summed E-state index contributed by atoms with van der Waals surface area (Å²) in [5.74, 6) is -0.537. The molecular formula is C17H24F4IN5O. The molecule has 1 amide bonds. The smallest absolute Gasteiger partial charge is 0.357 e. The fraction of sp³-hybridized carbons (Fsp3) is 0.529. The van der Waals surface area contributed by atoms with E-state index in [4.69, 9.17) is 0 Å². The molecule has 0 radical (unpaired) electrons. The molecule has 1 aliphatic heterocycles. The lowest BCUT2D eigenvalue weighted by molar-refractivity contribution is -0.143. The highest BCUT2D eigenvalue weighted by atomic mass is 127. The summed E-state index contributed by atoms with van der Waals surface area (Å²) in [5.41, 5.74) is 0.326. The molecule has 0 bridgehead atoms. The molecule has 1 heterocycles. The number of nitrogens with zero attached hydrogens (tertiary/aromatic N) is 2. The van der Waals surface area contributed by atoms with Crippen LogP contribution in [-0.2, 0) is 4.79 Å². The van der Waals surface area contributed by atoms with Crippen LogP contribution in [0.4, 0.5) is 23.2 Å². The molecule has 1 unspecified atom stereocenters. The van der Waals surface area contributed by atoms with Crippen molar-refractivity contribution in [3.8, 4) is 0 Å². The van der Waals surface area contributed by atoms with Crippen LogP contribution in [-0.4, -0.2) is 61.7 Å². The Balaban J connectivity index is 0.00000392. The second kappa shape index (κ2) is 11.4. The topological polar surface area (TPSA) is 68.8 Å². The Morgan fingerprint density at radius 3 is 2.75 bits per heavy atom. The Kier molecular flexibility index (Phi) is 9.93. The first-order valence-electron chi connectivity index (χ1n) is 8.64. The lowest BCUT2D eigenvalue weighted by atomic mass is 10.3. The first-order chi connectivity index (χ1) is 12.7. The van der Waals surface area contributed by atoms with E-state index >= 15 is 0 Å². The van der Waals surface area contributed by atoms with Gasteiger partial charge in [0.2, 0.25) is 5.91 Å². The number of amides is 1. The number of anilines is 1. The van der Waals surface area contributed by atoms with Crippen molar-refractivity contribution >= 4 is 41.5 Å². The van der Waals surface area contributed by atoms with E-state index < -0.39 is 24.4 Å². The number of rotatable bonds is 6. The Labute approximate surface area is 178 Å². The van der Waals surface area contributed by atoms with Crippen molar-refractivity contribution in [3.63, 3.8) is 0 Å². The van der Waals surface area contributed by atoms with Crippen LogP contribution in [0.3, 0.4) is 0 Å². The first kappa shape index (κ1) is 24.4. The van der Waals surface area contributed by atoms with Crippen LogP contribution in [0, 0.1) is 5.82 Å². The normalized spacial score (nSPS) is 17.8. The van der Waals surface area contributed by atoms with Gasteiger partial charge in [0.05, 0.1) is 6.54 Å². The average Bonchev–Trinajstić information content (AvgIpc) is 2.98. The van der Waals surface area contributed by atoms with Crippen molar-refractivity contribution < 1.29 is 22.4 Å². The monoisotopic (exact) mass is 517 g/mol. The van der Waals surface area contributed by atoms with Gasteiger partial charge in [0.15, 0.2) is 5.96 Å². The summed E-state index contributed by atoms with van der Waals surface area (Å²) in [7, 11) is 0. The fourth-order valence-corrected chi connectivity index (χ4v) is 2.78. The zero-order valence-electron chi connectivity index (χ0n) is 15.4. The van der Waals surface area contributed by atoms with Crippen LogP contribution in [0.15, 0.2) is 29.3 Å². The second-order valence-corrected chi connectivity index (χ2v) is 6.23. The molecule has 1 aromatic carbocycles. The van der Waals surface area contributed by atoms with E-state index in [1.165, 1.54) is 23.1 Å². The van der Waals surface area contributed by atoms with Gasteiger partial charge < -0.3 is 16.0 Å². The minimum Gasteiger partial charge on any atom is -0.357 e. The summed E-state index contributed by atoms with van der Waals surface area (Å²) in [6.07, 6.45) is -3.67. The highest BCUT2D eigenvalue weighted by Gasteiger charge is 2.34. The molecule has 1 aromatic rings. The minimum atomic E-state index is -4.22. The van der Waals surface area contributed by atoms with Gasteiger partial charge in [-0.15, -0.1) is 24.0 Å². The molecule has 3 N–H and O–H groups in total. The molecule has 1 fully saturated rings. The molecule has 11 heteroatoms. The van der Waals surface area contributed by atoms with E-state index in [0.717, 1.165) is 0 Å². The quantitative estimate of drug-likeness (QED) is 0.235. The zero-order chi connectivity index (χ0) is 19.9. The number of aliphatic imine (C=N–C) groups is 1. The van der Waals surface area contributed by atoms with Crippen molar-refractivity contribution in [1.29, 1.82) is 0 Å². The summed E-state index contributed by atoms with van der Waals surface area (Å²) in [6.45, 7) is 1.83. The second-order valence-electron chi connectivity index (χ2n) is 6.23. The third kappa shape index (κ3) is 9.04. The molecular weight excluding hydrogens is 493 g/mol. The van der Waals surface area contributed by atoms with Crippen LogP contribution in [0.5, 0.6) is 0 Å². The molecule has 1 atom stereocenters. The van der Waals surface area contributed by atoms with Gasteiger partial charge in [-0.3, -0.25) is 9.69 Å². The number of carbonyl (C=O) groups is 1. The number of benzene rings is 1. The molecule has 158 valence electrons. The summed E-state index contributed by atoms with van der Waals surface area (Å²) in [6, 6.07) is 5.31. The maximum Gasteiger partial charge on any atom is 0.401 e. The van der Waals surface area contributed by atoms with Gasteiger partial charge in [0, 0.05) is 31.4 Å². The van der Waals surface area contributed by atoms with Gasteiger partial charge in [0.25, 0.3) is 0 Å². The standard InChI is InChI=1S/C17H23F4N5O.HI/c1-2-22-16(25-14-6-7-26(10-14)11-17(19,20)21)23-9-15(27)24-13-5-3-4-12(18)8-13;/h3-5,8,14H,2,6-7,9-11H2,1H3,(H,24,27)(H2,22,23,25);1H. The van der Waals surface area contributed by atoms with Crippen molar-refractivity contribution in [2.45, 2.75) is 25.6 Å². The number of guanidine groups is 1. The summed E-state index contributed by atoms with van der Waals surface area (Å²) < 4.78 is 50.5. The lowest BCUT2D eigenvalue weighted by Crippen LogP contribution is -2.45. The third-order valence-corrected chi connectivity index (χ3v) is 3.85. The average molecular weight is 517 g/mol. The highest BCUT2D eigenvalue weighted by Crippen LogP contribution is 2.19. The van der Waals surface area contributed by atoms with Crippen molar-refractivity contribution in [3.05, 3.63) is 30.1 Å². The van der Waals surface area contributed by atoms with E-state index in [1.807, 2.05) is 6.92 Å². The molecule has 28 heavy (non-hydrogen) atoms. The Bertz CT molecular complexity index is 671. The zero-order valence-corrected chi connectivity index (χ0v) is 17.7. The van der Waals surface area contributed by atoms with Gasteiger partial charge in [-0.1, -0.05) is 6.07 Å². The van der Waals surface area contributed by atoms with E-state index in [-0.39, 0.29) is 43.1 Å². The van der Waals surface area contributed by atoms with Crippen LogP contribution in [0.1, 0.15) is 13.3 Å². The summed E-state index contributed by atoms with van der Waals surface area (Å²) in [5, 5.41) is 8.54. The van der Waals surface area contributed by atoms with Crippen molar-refractivity contribution in [1.82, 2.24) is 15.5 Å². The SMILES string of the molecule is CCNC(=NCC(=O)Nc1cccc(F)c1)NC1CCN(CC(F)(F)F)C1.I. The Morgan fingerprint density at radius 2 is 2.11 bits per heavy atom. The van der Waals surface area contributed by atoms with E-state index in [9.17, 15) is 22.4 Å². The number of nitrogens with one attached hydrogen (secondary N) is 3. The van der Waals surface area contributed by atoms with Crippen molar-refractivity contribution in [2.75, 3.05) is 38.0 Å². The van der Waals surface area contributed by atoms with Gasteiger partial charge in [-0.2, -0.15) is 13.2 Å². The third-order valence-electron chi connectivity index (χ3n) is 3.85. The summed E-state index contributed by atoms with van der Waals surface area (Å²) >= 11 is 0.